The van der Waals surface area contributed by atoms with Crippen LogP contribution in [0.15, 0.2) is 49.2 Å². The first kappa shape index (κ1) is 13.4. The van der Waals surface area contributed by atoms with Crippen molar-refractivity contribution in [2.45, 2.75) is 18.9 Å². The number of aromatic nitrogens is 2. The summed E-state index contributed by atoms with van der Waals surface area (Å²) in [5.41, 5.74) is 7.78. The van der Waals surface area contributed by atoms with Crippen LogP contribution in [0.25, 0.3) is 5.69 Å². The van der Waals surface area contributed by atoms with Gasteiger partial charge in [-0.3, -0.25) is 4.79 Å². The van der Waals surface area contributed by atoms with E-state index >= 15 is 0 Å². The number of hydrogen-bond acceptors (Lipinski definition) is 3. The monoisotopic (exact) mass is 282 g/mol. The van der Waals surface area contributed by atoms with Crippen molar-refractivity contribution >= 4 is 11.6 Å². The maximum atomic E-state index is 12.5. The molecule has 1 fully saturated rings. The standard InChI is InChI=1S/C16H18N4O/c1-2-10-19(12-7-8-12)16(21)14-9-11-20(18-14)15-6-4-3-5-13(15)17/h2-6,9,11-12H,1,7-8,10,17H2. The zero-order valence-corrected chi connectivity index (χ0v) is 11.8. The van der Waals surface area contributed by atoms with Crippen LogP contribution in [0.2, 0.25) is 0 Å². The van der Waals surface area contributed by atoms with Crippen molar-refractivity contribution in [2.75, 3.05) is 12.3 Å². The Kier molecular flexibility index (Phi) is 3.48. The van der Waals surface area contributed by atoms with Crippen LogP contribution in [-0.4, -0.2) is 33.2 Å². The maximum Gasteiger partial charge on any atom is 0.274 e. The fourth-order valence-electron chi connectivity index (χ4n) is 2.34. The first-order chi connectivity index (χ1) is 10.2. The fraction of sp³-hybridized carbons (Fsp3) is 0.250. The molecule has 1 aliphatic carbocycles. The molecule has 1 aromatic carbocycles. The van der Waals surface area contributed by atoms with Crippen molar-refractivity contribution in [1.29, 1.82) is 0 Å². The molecule has 3 rings (SSSR count). The van der Waals surface area contributed by atoms with E-state index in [1.807, 2.05) is 29.2 Å². The molecule has 0 bridgehead atoms. The van der Waals surface area contributed by atoms with Gasteiger partial charge in [-0.2, -0.15) is 5.10 Å². The lowest BCUT2D eigenvalue weighted by Crippen LogP contribution is -2.33. The second-order valence-corrected chi connectivity index (χ2v) is 5.18. The SMILES string of the molecule is C=CCN(C(=O)c1ccn(-c2ccccc2N)n1)C1CC1. The number of nitrogens with two attached hydrogens (primary N) is 1. The third-order valence-electron chi connectivity index (χ3n) is 3.57. The molecular weight excluding hydrogens is 264 g/mol. The van der Waals surface area contributed by atoms with E-state index < -0.39 is 0 Å². The van der Waals surface area contributed by atoms with E-state index in [0.717, 1.165) is 18.5 Å². The van der Waals surface area contributed by atoms with E-state index in [1.54, 1.807) is 23.0 Å². The molecule has 1 amide bonds. The van der Waals surface area contributed by atoms with Gasteiger partial charge >= 0.3 is 0 Å². The molecule has 0 spiro atoms. The number of hydrogen-bond donors (Lipinski definition) is 1. The Bertz CT molecular complexity index is 672. The van der Waals surface area contributed by atoms with Crippen LogP contribution in [0, 0.1) is 0 Å². The summed E-state index contributed by atoms with van der Waals surface area (Å²) in [5.74, 6) is -0.0503. The molecular formula is C16H18N4O. The van der Waals surface area contributed by atoms with Crippen LogP contribution in [0.3, 0.4) is 0 Å². The Morgan fingerprint density at radius 1 is 1.43 bits per heavy atom. The molecule has 0 unspecified atom stereocenters. The smallest absolute Gasteiger partial charge is 0.274 e. The Morgan fingerprint density at radius 2 is 2.19 bits per heavy atom. The highest BCUT2D eigenvalue weighted by Gasteiger charge is 2.33. The lowest BCUT2D eigenvalue weighted by molar-refractivity contribution is 0.0756. The summed E-state index contributed by atoms with van der Waals surface area (Å²) in [6, 6.07) is 9.51. The molecule has 1 aliphatic rings. The molecule has 1 aromatic heterocycles. The van der Waals surface area contributed by atoms with Crippen molar-refractivity contribution < 1.29 is 4.79 Å². The second kappa shape index (κ2) is 5.44. The number of nitrogens with zero attached hydrogens (tertiary/aromatic N) is 3. The Hall–Kier alpha value is -2.56. The van der Waals surface area contributed by atoms with Crippen molar-refractivity contribution in [2.24, 2.45) is 0 Å². The highest BCUT2D eigenvalue weighted by atomic mass is 16.2. The minimum Gasteiger partial charge on any atom is -0.397 e. The highest BCUT2D eigenvalue weighted by Crippen LogP contribution is 2.28. The summed E-state index contributed by atoms with van der Waals surface area (Å²) >= 11 is 0. The van der Waals surface area contributed by atoms with E-state index in [9.17, 15) is 4.79 Å². The molecule has 5 heteroatoms. The number of anilines is 1. The van der Waals surface area contributed by atoms with Gasteiger partial charge in [0, 0.05) is 18.8 Å². The molecule has 0 radical (unpaired) electrons. The topological polar surface area (TPSA) is 64.2 Å². The summed E-state index contributed by atoms with van der Waals surface area (Å²) in [4.78, 5) is 14.3. The minimum atomic E-state index is -0.0503. The predicted molar refractivity (Wildman–Crippen MR) is 82.2 cm³/mol. The summed E-state index contributed by atoms with van der Waals surface area (Å²) < 4.78 is 1.64. The summed E-state index contributed by atoms with van der Waals surface area (Å²) in [7, 11) is 0. The maximum absolute atomic E-state index is 12.5. The number of rotatable bonds is 5. The number of nitrogen functional groups attached to an aromatic ring is 1. The van der Waals surface area contributed by atoms with Crippen LogP contribution in [0.1, 0.15) is 23.3 Å². The van der Waals surface area contributed by atoms with Crippen LogP contribution < -0.4 is 5.73 Å². The summed E-state index contributed by atoms with van der Waals surface area (Å²) in [5, 5.41) is 4.37. The van der Waals surface area contributed by atoms with Gasteiger partial charge in [0.05, 0.1) is 11.4 Å². The molecule has 0 saturated heterocycles. The van der Waals surface area contributed by atoms with Crippen molar-refractivity contribution in [3.05, 3.63) is 54.9 Å². The van der Waals surface area contributed by atoms with Gasteiger partial charge in [0.15, 0.2) is 5.69 Å². The Balaban J connectivity index is 1.86. The summed E-state index contributed by atoms with van der Waals surface area (Å²) in [6.45, 7) is 4.27. The second-order valence-electron chi connectivity index (χ2n) is 5.18. The van der Waals surface area contributed by atoms with E-state index in [0.29, 0.717) is 24.0 Å². The molecule has 2 aromatic rings. The average Bonchev–Trinajstić information content (AvgIpc) is 3.21. The number of amides is 1. The van der Waals surface area contributed by atoms with Crippen LogP contribution >= 0.6 is 0 Å². The van der Waals surface area contributed by atoms with E-state index in [4.69, 9.17) is 5.73 Å². The van der Waals surface area contributed by atoms with E-state index in [1.165, 1.54) is 0 Å². The molecule has 2 N–H and O–H groups in total. The lowest BCUT2D eigenvalue weighted by atomic mass is 10.3. The summed E-state index contributed by atoms with van der Waals surface area (Å²) in [6.07, 6.45) is 5.64. The van der Waals surface area contributed by atoms with Crippen LogP contribution in [0.4, 0.5) is 5.69 Å². The van der Waals surface area contributed by atoms with Crippen LogP contribution in [0.5, 0.6) is 0 Å². The van der Waals surface area contributed by atoms with E-state index in [2.05, 4.69) is 11.7 Å². The molecule has 1 saturated carbocycles. The zero-order valence-electron chi connectivity index (χ0n) is 11.8. The van der Waals surface area contributed by atoms with Crippen LogP contribution in [-0.2, 0) is 0 Å². The first-order valence-electron chi connectivity index (χ1n) is 7.03. The fourth-order valence-corrected chi connectivity index (χ4v) is 2.34. The zero-order chi connectivity index (χ0) is 14.8. The highest BCUT2D eigenvalue weighted by molar-refractivity contribution is 5.92. The normalized spacial score (nSPS) is 13.9. The van der Waals surface area contributed by atoms with Gasteiger partial charge in [-0.1, -0.05) is 18.2 Å². The van der Waals surface area contributed by atoms with Gasteiger partial charge in [0.2, 0.25) is 0 Å². The number of carbonyl (C=O) groups excluding carboxylic acids is 1. The first-order valence-corrected chi connectivity index (χ1v) is 7.03. The predicted octanol–water partition coefficient (Wildman–Crippen LogP) is 2.25. The van der Waals surface area contributed by atoms with Gasteiger partial charge in [-0.15, -0.1) is 6.58 Å². The quantitative estimate of drug-likeness (QED) is 0.675. The largest absolute Gasteiger partial charge is 0.397 e. The molecule has 0 aliphatic heterocycles. The van der Waals surface area contributed by atoms with Crippen molar-refractivity contribution in [3.8, 4) is 5.69 Å². The van der Waals surface area contributed by atoms with Crippen molar-refractivity contribution in [3.63, 3.8) is 0 Å². The van der Waals surface area contributed by atoms with Crippen molar-refractivity contribution in [1.82, 2.24) is 14.7 Å². The number of benzene rings is 1. The number of carbonyl (C=O) groups is 1. The minimum absolute atomic E-state index is 0.0503. The van der Waals surface area contributed by atoms with Gasteiger partial charge in [-0.05, 0) is 31.0 Å². The third kappa shape index (κ3) is 2.67. The Labute approximate surface area is 123 Å². The Morgan fingerprint density at radius 3 is 2.86 bits per heavy atom. The lowest BCUT2D eigenvalue weighted by Gasteiger charge is -2.19. The van der Waals surface area contributed by atoms with Gasteiger partial charge in [0.25, 0.3) is 5.91 Å². The third-order valence-corrected chi connectivity index (χ3v) is 3.57. The van der Waals surface area contributed by atoms with Gasteiger partial charge in [0.1, 0.15) is 0 Å². The number of para-hydroxylation sites is 2. The van der Waals surface area contributed by atoms with Gasteiger partial charge in [-0.25, -0.2) is 4.68 Å². The van der Waals surface area contributed by atoms with E-state index in [-0.39, 0.29) is 5.91 Å². The molecule has 21 heavy (non-hydrogen) atoms. The molecule has 108 valence electrons. The molecule has 0 atom stereocenters. The average molecular weight is 282 g/mol. The molecule has 5 nitrogen and oxygen atoms in total. The van der Waals surface area contributed by atoms with Gasteiger partial charge < -0.3 is 10.6 Å². The molecule has 1 heterocycles.